The van der Waals surface area contributed by atoms with E-state index in [1.165, 1.54) is 16.7 Å². The number of nitrogens with one attached hydrogen (secondary N) is 2. The fourth-order valence-electron chi connectivity index (χ4n) is 4.98. The maximum absolute atomic E-state index is 8.66. The molecule has 0 fully saturated rings. The largest absolute Gasteiger partial charge is 0.449 e. The third-order valence-corrected chi connectivity index (χ3v) is 6.85. The molecule has 4 heteroatoms. The van der Waals surface area contributed by atoms with E-state index in [1.807, 2.05) is 48.5 Å². The van der Waals surface area contributed by atoms with E-state index in [0.717, 1.165) is 11.1 Å². The highest BCUT2D eigenvalue weighted by atomic mass is 16.6. The number of hydrogen-bond donors (Lipinski definition) is 2. The fourth-order valence-corrected chi connectivity index (χ4v) is 4.98. The molecule has 1 aliphatic carbocycles. The van der Waals surface area contributed by atoms with Crippen molar-refractivity contribution in [2.24, 2.45) is 0 Å². The van der Waals surface area contributed by atoms with Crippen LogP contribution in [-0.4, -0.2) is 11.4 Å². The van der Waals surface area contributed by atoms with E-state index in [1.54, 1.807) is 12.2 Å². The summed E-state index contributed by atoms with van der Waals surface area (Å²) in [6.45, 7) is 4.47. The highest BCUT2D eigenvalue weighted by molar-refractivity contribution is 6.15. The van der Waals surface area contributed by atoms with E-state index >= 15 is 0 Å². The summed E-state index contributed by atoms with van der Waals surface area (Å²) < 4.78 is 12.7. The van der Waals surface area contributed by atoms with E-state index in [2.05, 4.69) is 50.2 Å². The minimum atomic E-state index is -0.122. The molecular formula is C31H24N2O2. The van der Waals surface area contributed by atoms with Gasteiger partial charge in [0.15, 0.2) is 23.0 Å². The number of fused-ring (bicyclic) bond motifs is 5. The molecule has 0 amide bonds. The molecule has 4 nitrogen and oxygen atoms in total. The Balaban J connectivity index is 1.35. The van der Waals surface area contributed by atoms with Gasteiger partial charge in [-0.1, -0.05) is 74.5 Å². The summed E-state index contributed by atoms with van der Waals surface area (Å²) in [5.41, 5.74) is 6.78. The van der Waals surface area contributed by atoms with Gasteiger partial charge in [-0.3, -0.25) is 0 Å². The van der Waals surface area contributed by atoms with Gasteiger partial charge in [0.1, 0.15) is 0 Å². The van der Waals surface area contributed by atoms with Gasteiger partial charge >= 0.3 is 0 Å². The van der Waals surface area contributed by atoms with Gasteiger partial charge in [0.05, 0.1) is 11.4 Å². The van der Waals surface area contributed by atoms with E-state index in [0.29, 0.717) is 34.3 Å². The number of benzene rings is 4. The first kappa shape index (κ1) is 21.1. The molecule has 0 radical (unpaired) electrons. The summed E-state index contributed by atoms with van der Waals surface area (Å²) in [4.78, 5) is 0. The molecule has 1 aliphatic heterocycles. The van der Waals surface area contributed by atoms with Gasteiger partial charge < -0.3 is 20.3 Å². The topological polar surface area (TPSA) is 66.2 Å². The number of allylic oxidation sites excluding steroid dienone is 2. The van der Waals surface area contributed by atoms with Crippen molar-refractivity contribution >= 4 is 11.4 Å². The monoisotopic (exact) mass is 456 g/mol. The van der Waals surface area contributed by atoms with Crippen LogP contribution in [0, 0.1) is 10.8 Å². The second kappa shape index (κ2) is 7.81. The van der Waals surface area contributed by atoms with Crippen LogP contribution >= 0.6 is 0 Å². The molecule has 35 heavy (non-hydrogen) atoms. The fraction of sp³-hybridized carbons (Fsp3) is 0.0968. The van der Waals surface area contributed by atoms with Crippen molar-refractivity contribution in [2.45, 2.75) is 19.3 Å². The zero-order valence-corrected chi connectivity index (χ0v) is 19.6. The molecule has 2 N–H and O–H groups in total. The van der Waals surface area contributed by atoms with E-state index in [4.69, 9.17) is 20.3 Å². The summed E-state index contributed by atoms with van der Waals surface area (Å²) in [5.74, 6) is 2.43. The molecule has 170 valence electrons. The minimum absolute atomic E-state index is 0.122. The Morgan fingerprint density at radius 3 is 2.20 bits per heavy atom. The lowest BCUT2D eigenvalue weighted by molar-refractivity contribution is 0.358. The molecule has 0 saturated heterocycles. The lowest BCUT2D eigenvalue weighted by atomic mass is 9.82. The maximum Gasteiger partial charge on any atom is 0.179 e. The smallest absolute Gasteiger partial charge is 0.179 e. The Bertz CT molecular complexity index is 1550. The van der Waals surface area contributed by atoms with E-state index in [-0.39, 0.29) is 11.1 Å². The van der Waals surface area contributed by atoms with Gasteiger partial charge in [-0.2, -0.15) is 0 Å². The molecule has 0 saturated carbocycles. The minimum Gasteiger partial charge on any atom is -0.449 e. The van der Waals surface area contributed by atoms with Crippen molar-refractivity contribution < 1.29 is 9.47 Å². The standard InChI is InChI=1S/C31H24N2O2/c1-31(2)23-13-7-6-11-20(23)22-17-28-29(18-24(22)31)34-27-14-8-12-21(30(27)35-28)26(33)16-15-25(32)19-9-4-3-5-10-19/h3-18,32-33H,1-2H3/b16-15-,32-25?,33-26?. The summed E-state index contributed by atoms with van der Waals surface area (Å²) in [5, 5.41) is 17.0. The van der Waals surface area contributed by atoms with Crippen LogP contribution in [0.2, 0.25) is 0 Å². The van der Waals surface area contributed by atoms with Gasteiger partial charge in [-0.05, 0) is 64.2 Å². The zero-order chi connectivity index (χ0) is 24.2. The summed E-state index contributed by atoms with van der Waals surface area (Å²) in [6.07, 6.45) is 3.27. The highest BCUT2D eigenvalue weighted by Gasteiger charge is 2.37. The molecule has 4 aromatic carbocycles. The molecular weight excluding hydrogens is 432 g/mol. The first-order valence-electron chi connectivity index (χ1n) is 11.6. The lowest BCUT2D eigenvalue weighted by Crippen LogP contribution is -2.15. The Labute approximate surface area is 204 Å². The molecule has 6 rings (SSSR count). The Kier molecular flexibility index (Phi) is 4.71. The first-order valence-corrected chi connectivity index (χ1v) is 11.6. The predicted molar refractivity (Wildman–Crippen MR) is 140 cm³/mol. The molecule has 1 heterocycles. The van der Waals surface area contributed by atoms with Crippen LogP contribution in [-0.2, 0) is 5.41 Å². The van der Waals surface area contributed by atoms with E-state index < -0.39 is 0 Å². The van der Waals surface area contributed by atoms with Crippen LogP contribution in [0.1, 0.15) is 36.1 Å². The zero-order valence-electron chi connectivity index (χ0n) is 19.6. The van der Waals surface area contributed by atoms with Gasteiger partial charge in [0.25, 0.3) is 0 Å². The van der Waals surface area contributed by atoms with Crippen molar-refractivity contribution in [3.8, 4) is 34.1 Å². The number of hydrogen-bond acceptors (Lipinski definition) is 4. The van der Waals surface area contributed by atoms with Crippen LogP contribution in [0.3, 0.4) is 0 Å². The SMILES string of the molecule is CC1(C)c2ccccc2-c2cc3c(cc21)Oc1cccc(C(=N)/C=C\C(=N)c2ccccc2)c1O3. The van der Waals surface area contributed by atoms with Gasteiger partial charge in [-0.25, -0.2) is 0 Å². The number of rotatable bonds is 4. The Morgan fingerprint density at radius 2 is 1.37 bits per heavy atom. The van der Waals surface area contributed by atoms with Gasteiger partial charge in [-0.15, -0.1) is 0 Å². The van der Waals surface area contributed by atoms with Crippen molar-refractivity contribution in [3.63, 3.8) is 0 Å². The van der Waals surface area contributed by atoms with Crippen molar-refractivity contribution in [1.29, 1.82) is 10.8 Å². The molecule has 0 bridgehead atoms. The molecule has 0 spiro atoms. The number of ether oxygens (including phenoxy) is 2. The molecule has 0 unspecified atom stereocenters. The molecule has 4 aromatic rings. The summed E-state index contributed by atoms with van der Waals surface area (Å²) in [6, 6.07) is 27.7. The van der Waals surface area contributed by atoms with Crippen LogP contribution in [0.15, 0.2) is 97.1 Å². The molecule has 0 aromatic heterocycles. The second-order valence-corrected chi connectivity index (χ2v) is 9.38. The Morgan fingerprint density at radius 1 is 0.657 bits per heavy atom. The Hall–Kier alpha value is -4.44. The third-order valence-electron chi connectivity index (χ3n) is 6.85. The molecule has 0 atom stereocenters. The van der Waals surface area contributed by atoms with Gasteiger partial charge in [0, 0.05) is 11.0 Å². The van der Waals surface area contributed by atoms with Crippen molar-refractivity contribution in [1.82, 2.24) is 0 Å². The van der Waals surface area contributed by atoms with Crippen LogP contribution < -0.4 is 9.47 Å². The van der Waals surface area contributed by atoms with Crippen LogP contribution in [0.5, 0.6) is 23.0 Å². The summed E-state index contributed by atoms with van der Waals surface area (Å²) in [7, 11) is 0. The van der Waals surface area contributed by atoms with Crippen LogP contribution in [0.4, 0.5) is 0 Å². The average molecular weight is 457 g/mol. The maximum atomic E-state index is 8.66. The van der Waals surface area contributed by atoms with Crippen LogP contribution in [0.25, 0.3) is 11.1 Å². The third kappa shape index (κ3) is 3.38. The number of para-hydroxylation sites is 1. The summed E-state index contributed by atoms with van der Waals surface area (Å²) >= 11 is 0. The van der Waals surface area contributed by atoms with Gasteiger partial charge in [0.2, 0.25) is 0 Å². The first-order chi connectivity index (χ1) is 16.9. The lowest BCUT2D eigenvalue weighted by Gasteiger charge is -2.26. The van der Waals surface area contributed by atoms with E-state index in [9.17, 15) is 0 Å². The molecule has 2 aliphatic rings. The van der Waals surface area contributed by atoms with Crippen molar-refractivity contribution in [3.05, 3.63) is 119 Å². The second-order valence-electron chi connectivity index (χ2n) is 9.38. The average Bonchev–Trinajstić information content (AvgIpc) is 3.11. The normalized spacial score (nSPS) is 14.2. The predicted octanol–water partition coefficient (Wildman–Crippen LogP) is 7.88. The van der Waals surface area contributed by atoms with Crippen molar-refractivity contribution in [2.75, 3.05) is 0 Å². The quantitative estimate of drug-likeness (QED) is 0.270. The highest BCUT2D eigenvalue weighted by Crippen LogP contribution is 2.55.